The molecule has 318 valence electrons. The predicted molar refractivity (Wildman–Crippen MR) is 206 cm³/mol. The number of rotatable bonds is 47. The largest absolute Gasteiger partial charge is 0.463 e. The van der Waals surface area contributed by atoms with E-state index in [1.54, 1.807) is 0 Å². The lowest BCUT2D eigenvalue weighted by atomic mass is 10.00. The van der Waals surface area contributed by atoms with Crippen LogP contribution in [0.1, 0.15) is 97.8 Å². The summed E-state index contributed by atoms with van der Waals surface area (Å²) in [7, 11) is 0. The summed E-state index contributed by atoms with van der Waals surface area (Å²) < 4.78 is 65.9. The van der Waals surface area contributed by atoms with Crippen LogP contribution in [0.5, 0.6) is 0 Å². The molecule has 0 aliphatic carbocycles. The molecule has 0 aromatic heterocycles. The van der Waals surface area contributed by atoms with Gasteiger partial charge in [-0.15, -0.1) is 0 Å². The molecular formula is C40H80O13. The Bertz CT molecular complexity index is 689. The summed E-state index contributed by atoms with van der Waals surface area (Å²) in [5, 5.41) is 0. The molecule has 0 heterocycles. The standard InChI is InChI=1S/C40H80O13/c1-4-7-9-10-11-12-13-14-16-42-17-18-43-19-20-44-21-22-45-23-24-46-25-26-47-27-28-48-29-30-49-31-32-50-33-34-51-35-36-52-37-38-53-40(41)39(6-3)15-8-5-2/h39H,4-38H2,1-3H3. The number of esters is 1. The monoisotopic (exact) mass is 769 g/mol. The van der Waals surface area contributed by atoms with Crippen molar-refractivity contribution in [2.75, 3.05) is 152 Å². The van der Waals surface area contributed by atoms with Gasteiger partial charge in [0.2, 0.25) is 0 Å². The maximum absolute atomic E-state index is 12.0. The SMILES string of the molecule is CCCCCCCCCCOCCOCCOCCOCCOCCOCCOCCOCCOCCOCCOCCOC(=O)C(CC)CCCC. The fourth-order valence-electron chi connectivity index (χ4n) is 4.90. The molecule has 0 amide bonds. The molecule has 0 aromatic rings. The van der Waals surface area contributed by atoms with E-state index in [9.17, 15) is 4.79 Å². The summed E-state index contributed by atoms with van der Waals surface area (Å²) in [5.74, 6) is -0.121. The molecule has 0 spiro atoms. The number of carbonyl (C=O) groups excluding carboxylic acids is 1. The fraction of sp³-hybridized carbons (Fsp3) is 0.975. The van der Waals surface area contributed by atoms with E-state index in [1.807, 2.05) is 6.92 Å². The number of hydrogen-bond donors (Lipinski definition) is 0. The molecule has 0 N–H and O–H groups in total. The molecule has 1 atom stereocenters. The van der Waals surface area contributed by atoms with Crippen molar-refractivity contribution < 1.29 is 61.6 Å². The zero-order chi connectivity index (χ0) is 38.4. The molecule has 0 saturated carbocycles. The number of carbonyl (C=O) groups is 1. The third-order valence-electron chi connectivity index (χ3n) is 8.07. The third-order valence-corrected chi connectivity index (χ3v) is 8.07. The minimum Gasteiger partial charge on any atom is -0.463 e. The van der Waals surface area contributed by atoms with Crippen LogP contribution in [-0.4, -0.2) is 158 Å². The van der Waals surface area contributed by atoms with E-state index in [2.05, 4.69) is 13.8 Å². The van der Waals surface area contributed by atoms with Gasteiger partial charge < -0.3 is 56.8 Å². The Morgan fingerprint density at radius 1 is 0.321 bits per heavy atom. The van der Waals surface area contributed by atoms with Gasteiger partial charge >= 0.3 is 5.97 Å². The highest BCUT2D eigenvalue weighted by atomic mass is 16.6. The molecule has 0 fully saturated rings. The fourth-order valence-corrected chi connectivity index (χ4v) is 4.90. The average molecular weight is 769 g/mol. The highest BCUT2D eigenvalue weighted by molar-refractivity contribution is 5.72. The van der Waals surface area contributed by atoms with Crippen molar-refractivity contribution in [2.45, 2.75) is 97.8 Å². The zero-order valence-electron chi connectivity index (χ0n) is 34.1. The van der Waals surface area contributed by atoms with Crippen LogP contribution in [0.15, 0.2) is 0 Å². The molecule has 0 bridgehead atoms. The molecule has 0 aliphatic heterocycles. The Labute approximate surface area is 322 Å². The summed E-state index contributed by atoms with van der Waals surface area (Å²) in [4.78, 5) is 12.0. The Morgan fingerprint density at radius 3 is 0.887 bits per heavy atom. The lowest BCUT2D eigenvalue weighted by Gasteiger charge is -2.13. The summed E-state index contributed by atoms with van der Waals surface area (Å²) in [6, 6.07) is 0. The van der Waals surface area contributed by atoms with E-state index in [-0.39, 0.29) is 18.5 Å². The highest BCUT2D eigenvalue weighted by Gasteiger charge is 2.17. The minimum atomic E-state index is -0.118. The number of ether oxygens (including phenoxy) is 12. The first-order chi connectivity index (χ1) is 26.3. The Balaban J connectivity index is 3.12. The van der Waals surface area contributed by atoms with Crippen molar-refractivity contribution in [2.24, 2.45) is 5.92 Å². The van der Waals surface area contributed by atoms with E-state index in [1.165, 1.54) is 44.9 Å². The number of hydrogen-bond acceptors (Lipinski definition) is 13. The van der Waals surface area contributed by atoms with Gasteiger partial charge in [0.15, 0.2) is 0 Å². The molecule has 0 radical (unpaired) electrons. The van der Waals surface area contributed by atoms with Gasteiger partial charge in [0.1, 0.15) is 6.61 Å². The maximum Gasteiger partial charge on any atom is 0.308 e. The lowest BCUT2D eigenvalue weighted by Crippen LogP contribution is -2.20. The maximum atomic E-state index is 12.0. The summed E-state index contributed by atoms with van der Waals surface area (Å²) in [6.07, 6.45) is 14.4. The van der Waals surface area contributed by atoms with Crippen LogP contribution >= 0.6 is 0 Å². The van der Waals surface area contributed by atoms with Crippen molar-refractivity contribution in [1.82, 2.24) is 0 Å². The highest BCUT2D eigenvalue weighted by Crippen LogP contribution is 2.14. The Morgan fingerprint density at radius 2 is 0.585 bits per heavy atom. The summed E-state index contributed by atoms with van der Waals surface area (Å²) in [5.41, 5.74) is 0. The van der Waals surface area contributed by atoms with Gasteiger partial charge in [-0.3, -0.25) is 4.79 Å². The van der Waals surface area contributed by atoms with E-state index in [0.717, 1.165) is 38.7 Å². The molecule has 1 unspecified atom stereocenters. The predicted octanol–water partition coefficient (Wildman–Crippen LogP) is 6.07. The normalized spacial score (nSPS) is 12.1. The van der Waals surface area contributed by atoms with Crippen LogP contribution in [0.3, 0.4) is 0 Å². The van der Waals surface area contributed by atoms with Crippen LogP contribution in [0, 0.1) is 5.92 Å². The molecule has 0 saturated heterocycles. The molecule has 13 nitrogen and oxygen atoms in total. The van der Waals surface area contributed by atoms with Crippen LogP contribution in [0.2, 0.25) is 0 Å². The van der Waals surface area contributed by atoms with Gasteiger partial charge in [0.05, 0.1) is 145 Å². The quantitative estimate of drug-likeness (QED) is 0.0526. The van der Waals surface area contributed by atoms with Gasteiger partial charge in [0.25, 0.3) is 0 Å². The van der Waals surface area contributed by atoms with Gasteiger partial charge in [-0.1, -0.05) is 78.6 Å². The van der Waals surface area contributed by atoms with Crippen molar-refractivity contribution in [3.63, 3.8) is 0 Å². The number of unbranched alkanes of at least 4 members (excludes halogenated alkanes) is 8. The van der Waals surface area contributed by atoms with E-state index in [0.29, 0.717) is 139 Å². The average Bonchev–Trinajstić information content (AvgIpc) is 3.17. The molecular weight excluding hydrogens is 688 g/mol. The van der Waals surface area contributed by atoms with Gasteiger partial charge in [0, 0.05) is 6.61 Å². The van der Waals surface area contributed by atoms with Crippen molar-refractivity contribution >= 4 is 5.97 Å². The van der Waals surface area contributed by atoms with Crippen LogP contribution < -0.4 is 0 Å². The molecule has 0 aliphatic rings. The van der Waals surface area contributed by atoms with Crippen LogP contribution in [0.4, 0.5) is 0 Å². The molecule has 0 rings (SSSR count). The van der Waals surface area contributed by atoms with Crippen molar-refractivity contribution in [3.05, 3.63) is 0 Å². The second-order valence-corrected chi connectivity index (χ2v) is 12.6. The first-order valence-corrected chi connectivity index (χ1v) is 20.8. The molecule has 0 aromatic carbocycles. The lowest BCUT2D eigenvalue weighted by molar-refractivity contribution is -0.150. The third kappa shape index (κ3) is 43.6. The first kappa shape index (κ1) is 52.0. The molecule has 53 heavy (non-hydrogen) atoms. The summed E-state index contributed by atoms with van der Waals surface area (Å²) in [6.45, 7) is 18.3. The second kappa shape index (κ2) is 47.2. The summed E-state index contributed by atoms with van der Waals surface area (Å²) >= 11 is 0. The Kier molecular flexibility index (Phi) is 46.3. The smallest absolute Gasteiger partial charge is 0.308 e. The minimum absolute atomic E-state index is 0.00289. The van der Waals surface area contributed by atoms with E-state index >= 15 is 0 Å². The Hall–Kier alpha value is -0.970. The van der Waals surface area contributed by atoms with Gasteiger partial charge in [-0.2, -0.15) is 0 Å². The van der Waals surface area contributed by atoms with E-state index in [4.69, 9.17) is 56.8 Å². The van der Waals surface area contributed by atoms with Crippen molar-refractivity contribution in [3.8, 4) is 0 Å². The van der Waals surface area contributed by atoms with Gasteiger partial charge in [-0.25, -0.2) is 0 Å². The zero-order valence-corrected chi connectivity index (χ0v) is 34.1. The first-order valence-electron chi connectivity index (χ1n) is 20.8. The molecule has 13 heteroatoms. The topological polar surface area (TPSA) is 128 Å². The van der Waals surface area contributed by atoms with Crippen LogP contribution in [0.25, 0.3) is 0 Å². The van der Waals surface area contributed by atoms with Gasteiger partial charge in [-0.05, 0) is 19.3 Å². The van der Waals surface area contributed by atoms with Crippen LogP contribution in [-0.2, 0) is 61.6 Å². The van der Waals surface area contributed by atoms with Crippen molar-refractivity contribution in [1.29, 1.82) is 0 Å². The van der Waals surface area contributed by atoms with E-state index < -0.39 is 0 Å². The second-order valence-electron chi connectivity index (χ2n) is 12.6.